The summed E-state index contributed by atoms with van der Waals surface area (Å²) in [6.07, 6.45) is -8.34. The van der Waals surface area contributed by atoms with E-state index in [-0.39, 0.29) is 17.9 Å². The fourth-order valence-corrected chi connectivity index (χ4v) is 3.03. The zero-order valence-corrected chi connectivity index (χ0v) is 16.8. The maximum Gasteiger partial charge on any atom is 0.511 e. The Morgan fingerprint density at radius 1 is 1.31 bits per heavy atom. The number of hydrogen-bond donors (Lipinski definition) is 1. The van der Waals surface area contributed by atoms with Crippen molar-refractivity contribution in [3.8, 4) is 5.75 Å². The monoisotopic (exact) mass is 483 g/mol. The van der Waals surface area contributed by atoms with Gasteiger partial charge in [-0.25, -0.2) is 15.5 Å². The van der Waals surface area contributed by atoms with Gasteiger partial charge in [0.1, 0.15) is 18.5 Å². The van der Waals surface area contributed by atoms with E-state index in [9.17, 15) is 22.8 Å². The minimum atomic E-state index is -4.88. The molecule has 0 aromatic heterocycles. The molecule has 0 spiro atoms. The van der Waals surface area contributed by atoms with Crippen molar-refractivity contribution in [3.63, 3.8) is 0 Å². The molecule has 0 aliphatic carbocycles. The number of carbonyl (C=O) groups excluding carboxylic acids is 2. The number of esters is 1. The van der Waals surface area contributed by atoms with Crippen LogP contribution in [-0.2, 0) is 23.8 Å². The summed E-state index contributed by atoms with van der Waals surface area (Å²) in [4.78, 5) is 27.8. The molecular formula is C17H17BrF3NO7. The number of benzene rings is 1. The van der Waals surface area contributed by atoms with Crippen molar-refractivity contribution in [2.75, 3.05) is 13.4 Å². The minimum absolute atomic E-state index is 0.00279. The van der Waals surface area contributed by atoms with Crippen molar-refractivity contribution in [3.05, 3.63) is 33.3 Å². The van der Waals surface area contributed by atoms with Crippen LogP contribution in [0.4, 0.5) is 18.0 Å². The summed E-state index contributed by atoms with van der Waals surface area (Å²) in [5.41, 5.74) is -0.0708. The summed E-state index contributed by atoms with van der Waals surface area (Å²) >= 11 is 3.23. The van der Waals surface area contributed by atoms with E-state index in [0.29, 0.717) is 10.0 Å². The number of fused-ring (bicyclic) bond motifs is 1. The first-order chi connectivity index (χ1) is 13.5. The van der Waals surface area contributed by atoms with Gasteiger partial charge in [-0.1, -0.05) is 15.9 Å². The molecule has 1 aliphatic rings. The molecule has 2 N–H and O–H groups in total. The molecule has 0 radical (unpaired) electrons. The molecule has 12 heteroatoms. The third-order valence-electron chi connectivity index (χ3n) is 3.63. The summed E-state index contributed by atoms with van der Waals surface area (Å²) in [5, 5.41) is 0. The van der Waals surface area contributed by atoms with E-state index in [1.165, 1.54) is 13.0 Å². The van der Waals surface area contributed by atoms with Crippen LogP contribution in [0.25, 0.3) is 6.08 Å². The first-order valence-corrected chi connectivity index (χ1v) is 8.89. The Balaban J connectivity index is 2.11. The van der Waals surface area contributed by atoms with Crippen molar-refractivity contribution in [2.45, 2.75) is 32.2 Å². The highest BCUT2D eigenvalue weighted by Gasteiger charge is 2.49. The largest absolute Gasteiger partial charge is 0.511 e. The van der Waals surface area contributed by atoms with Crippen LogP contribution in [0.1, 0.15) is 18.1 Å². The second-order valence-electron chi connectivity index (χ2n) is 5.99. The molecule has 1 aliphatic heterocycles. The van der Waals surface area contributed by atoms with Crippen LogP contribution in [0.2, 0.25) is 0 Å². The smallest absolute Gasteiger partial charge is 0.475 e. The third kappa shape index (κ3) is 6.08. The predicted molar refractivity (Wildman–Crippen MR) is 95.5 cm³/mol. The molecule has 160 valence electrons. The van der Waals surface area contributed by atoms with Crippen LogP contribution in [0, 0.1) is 6.92 Å². The number of aryl methyl sites for hydroxylation is 1. The summed E-state index contributed by atoms with van der Waals surface area (Å²) in [7, 11) is 0. The number of hydrogen-bond acceptors (Lipinski definition) is 8. The Labute approximate surface area is 171 Å². The van der Waals surface area contributed by atoms with Crippen LogP contribution < -0.4 is 10.6 Å². The number of nitrogens with two attached hydrogens (primary N) is 1. The van der Waals surface area contributed by atoms with Gasteiger partial charge in [0.15, 0.2) is 0 Å². The van der Waals surface area contributed by atoms with E-state index in [4.69, 9.17) is 10.6 Å². The highest BCUT2D eigenvalue weighted by molar-refractivity contribution is 9.10. The van der Waals surface area contributed by atoms with Crippen molar-refractivity contribution in [1.82, 2.24) is 0 Å². The molecule has 0 fully saturated rings. The van der Waals surface area contributed by atoms with Crippen LogP contribution in [0.5, 0.6) is 5.75 Å². The number of ether oxygens (including phenoxy) is 4. The van der Waals surface area contributed by atoms with E-state index < -0.39 is 42.9 Å². The van der Waals surface area contributed by atoms with E-state index in [2.05, 4.69) is 35.0 Å². The number of rotatable bonds is 6. The molecule has 0 saturated carbocycles. The number of carbonyl (C=O) groups is 2. The van der Waals surface area contributed by atoms with Gasteiger partial charge in [0.25, 0.3) is 0 Å². The molecule has 2 atom stereocenters. The van der Waals surface area contributed by atoms with Crippen molar-refractivity contribution >= 4 is 34.1 Å². The van der Waals surface area contributed by atoms with Crippen molar-refractivity contribution in [1.29, 1.82) is 0 Å². The van der Waals surface area contributed by atoms with Gasteiger partial charge in [0.05, 0.1) is 5.57 Å². The fourth-order valence-electron chi connectivity index (χ4n) is 2.44. The van der Waals surface area contributed by atoms with Crippen molar-refractivity contribution in [2.24, 2.45) is 5.90 Å². The third-order valence-corrected chi connectivity index (χ3v) is 4.08. The Kier molecular flexibility index (Phi) is 7.49. The molecule has 2 rings (SSSR count). The predicted octanol–water partition coefficient (Wildman–Crippen LogP) is 3.40. The Hall–Kier alpha value is -2.31. The first-order valence-electron chi connectivity index (χ1n) is 8.10. The average molecular weight is 484 g/mol. The van der Waals surface area contributed by atoms with Gasteiger partial charge in [-0.3, -0.25) is 0 Å². The standard InChI is InChI=1S/C17H17BrF3NO7/c1-8-3-11(18)4-10-5-12(14(17(19,20)21)29-13(8)10)15(23)25-7-26-16(24)28-9(2)6-27-22/h3-5,9,14H,6-7,22H2,1-2H3. The molecule has 2 unspecified atom stereocenters. The van der Waals surface area contributed by atoms with Gasteiger partial charge >= 0.3 is 18.3 Å². The van der Waals surface area contributed by atoms with Gasteiger partial charge in [-0.15, -0.1) is 0 Å². The lowest BCUT2D eigenvalue weighted by Crippen LogP contribution is -2.41. The molecule has 8 nitrogen and oxygen atoms in total. The summed E-state index contributed by atoms with van der Waals surface area (Å²) in [6.45, 7) is 1.96. The van der Waals surface area contributed by atoms with Gasteiger partial charge in [-0.05, 0) is 37.6 Å². The number of alkyl halides is 3. The van der Waals surface area contributed by atoms with Crippen LogP contribution in [0.15, 0.2) is 22.2 Å². The lowest BCUT2D eigenvalue weighted by Gasteiger charge is -2.28. The number of halogens is 4. The normalized spacial score (nSPS) is 16.8. The van der Waals surface area contributed by atoms with Gasteiger partial charge in [-0.2, -0.15) is 13.2 Å². The molecule has 0 amide bonds. The zero-order valence-electron chi connectivity index (χ0n) is 15.2. The minimum Gasteiger partial charge on any atom is -0.475 e. The van der Waals surface area contributed by atoms with E-state index in [1.807, 2.05) is 0 Å². The molecule has 1 heterocycles. The SMILES string of the molecule is Cc1cc(Br)cc2c1OC(C(F)(F)F)C(C(=O)OCOC(=O)OC(C)CON)=C2. The Bertz CT molecular complexity index is 813. The Morgan fingerprint density at radius 2 is 2.00 bits per heavy atom. The van der Waals surface area contributed by atoms with Gasteiger partial charge in [0.2, 0.25) is 12.9 Å². The lowest BCUT2D eigenvalue weighted by molar-refractivity contribution is -0.189. The second-order valence-corrected chi connectivity index (χ2v) is 6.90. The van der Waals surface area contributed by atoms with E-state index >= 15 is 0 Å². The topological polar surface area (TPSA) is 106 Å². The molecule has 0 saturated heterocycles. The maximum absolute atomic E-state index is 13.4. The molecule has 29 heavy (non-hydrogen) atoms. The fraction of sp³-hybridized carbons (Fsp3) is 0.412. The summed E-state index contributed by atoms with van der Waals surface area (Å²) in [6, 6.07) is 3.08. The summed E-state index contributed by atoms with van der Waals surface area (Å²) < 4.78 is 59.7. The van der Waals surface area contributed by atoms with E-state index in [1.54, 1.807) is 13.0 Å². The van der Waals surface area contributed by atoms with Gasteiger partial charge < -0.3 is 23.8 Å². The van der Waals surface area contributed by atoms with Crippen LogP contribution >= 0.6 is 15.9 Å². The maximum atomic E-state index is 13.4. The summed E-state index contributed by atoms with van der Waals surface area (Å²) in [5.74, 6) is 3.46. The molecule has 1 aromatic rings. The van der Waals surface area contributed by atoms with E-state index in [0.717, 1.165) is 6.08 Å². The van der Waals surface area contributed by atoms with Crippen LogP contribution in [0.3, 0.4) is 0 Å². The Morgan fingerprint density at radius 3 is 2.62 bits per heavy atom. The molecule has 1 aromatic carbocycles. The van der Waals surface area contributed by atoms with Gasteiger partial charge in [0, 0.05) is 10.0 Å². The highest BCUT2D eigenvalue weighted by Crippen LogP contribution is 2.40. The van der Waals surface area contributed by atoms with Crippen molar-refractivity contribution < 1.29 is 46.5 Å². The molecule has 0 bridgehead atoms. The zero-order chi connectivity index (χ0) is 21.8. The lowest BCUT2D eigenvalue weighted by atomic mass is 9.99. The van der Waals surface area contributed by atoms with Crippen LogP contribution in [-0.4, -0.2) is 43.9 Å². The second kappa shape index (κ2) is 9.46. The molecular weight excluding hydrogens is 467 g/mol. The first kappa shape index (κ1) is 23.0. The average Bonchev–Trinajstić information content (AvgIpc) is 2.59. The highest BCUT2D eigenvalue weighted by atomic mass is 79.9. The quantitative estimate of drug-likeness (QED) is 0.372.